The van der Waals surface area contributed by atoms with Gasteiger partial charge in [-0.25, -0.2) is 19.2 Å². The molecule has 1 aromatic carbocycles. The fourth-order valence-electron chi connectivity index (χ4n) is 3.61. The fraction of sp³-hybridized carbons (Fsp3) is 0.571. The number of aromatic nitrogens is 1. The van der Waals surface area contributed by atoms with E-state index in [1.165, 1.54) is 10.8 Å². The lowest BCUT2D eigenvalue weighted by Crippen LogP contribution is -2.53. The molecule has 1 aromatic heterocycles. The fourth-order valence-corrected chi connectivity index (χ4v) is 3.61. The number of imide groups is 1. The smallest absolute Gasteiger partial charge is 0.420 e. The van der Waals surface area contributed by atoms with E-state index in [2.05, 4.69) is 0 Å². The van der Waals surface area contributed by atoms with Gasteiger partial charge in [0.2, 0.25) is 0 Å². The van der Waals surface area contributed by atoms with Crippen molar-refractivity contribution in [1.29, 1.82) is 0 Å². The number of nitrogens with zero attached hydrogens (tertiary/aromatic N) is 2. The van der Waals surface area contributed by atoms with Crippen molar-refractivity contribution in [3.63, 3.8) is 0 Å². The maximum absolute atomic E-state index is 13.2. The van der Waals surface area contributed by atoms with Gasteiger partial charge in [-0.2, -0.15) is 4.90 Å². The van der Waals surface area contributed by atoms with E-state index in [0.717, 1.165) is 12.7 Å². The Bertz CT molecular complexity index is 1180. The molecule has 210 valence electrons. The van der Waals surface area contributed by atoms with Gasteiger partial charge in [0.25, 0.3) is 0 Å². The van der Waals surface area contributed by atoms with Crippen molar-refractivity contribution in [1.82, 2.24) is 9.47 Å². The van der Waals surface area contributed by atoms with Crippen molar-refractivity contribution >= 4 is 35.2 Å². The molecule has 0 N–H and O–H groups in total. The summed E-state index contributed by atoms with van der Waals surface area (Å²) in [4.78, 5) is 53.2. The molecule has 1 heterocycles. The van der Waals surface area contributed by atoms with E-state index >= 15 is 0 Å². The number of amides is 2. The number of hydrogen-bond donors (Lipinski definition) is 0. The number of rotatable bonds is 4. The van der Waals surface area contributed by atoms with Gasteiger partial charge in [-0.1, -0.05) is 11.6 Å². The lowest BCUT2D eigenvalue weighted by Gasteiger charge is -2.32. The molecule has 2 aromatic rings. The first-order valence-corrected chi connectivity index (χ1v) is 12.4. The van der Waals surface area contributed by atoms with Crippen molar-refractivity contribution in [2.75, 3.05) is 7.11 Å². The van der Waals surface area contributed by atoms with Crippen molar-refractivity contribution in [3.05, 3.63) is 35.5 Å². The maximum atomic E-state index is 13.2. The van der Waals surface area contributed by atoms with Crippen LogP contribution >= 0.6 is 0 Å². The minimum atomic E-state index is -1.44. The Hall–Kier alpha value is -3.56. The molecule has 10 heteroatoms. The Balaban J connectivity index is 2.67. The van der Waals surface area contributed by atoms with Crippen molar-refractivity contribution in [3.8, 4) is 0 Å². The van der Waals surface area contributed by atoms with Crippen LogP contribution in [0.2, 0.25) is 0 Å². The third-order valence-electron chi connectivity index (χ3n) is 5.01. The molecule has 0 fully saturated rings. The summed E-state index contributed by atoms with van der Waals surface area (Å²) in [6.45, 7) is 17.0. The zero-order chi connectivity index (χ0) is 29.2. The number of hydrogen-bond acceptors (Lipinski definition) is 8. The highest BCUT2D eigenvalue weighted by molar-refractivity contribution is 5.96. The van der Waals surface area contributed by atoms with E-state index in [4.69, 9.17) is 18.9 Å². The Morgan fingerprint density at radius 2 is 1.34 bits per heavy atom. The second-order valence-corrected chi connectivity index (χ2v) is 12.1. The Morgan fingerprint density at radius 3 is 1.79 bits per heavy atom. The summed E-state index contributed by atoms with van der Waals surface area (Å²) in [5, 5.41) is 0.651. The van der Waals surface area contributed by atoms with Crippen LogP contribution < -0.4 is 0 Å². The Labute approximate surface area is 224 Å². The summed E-state index contributed by atoms with van der Waals surface area (Å²) in [6, 6.07) is 4.02. The third kappa shape index (κ3) is 8.22. The van der Waals surface area contributed by atoms with Crippen LogP contribution in [0.4, 0.5) is 14.4 Å². The first-order valence-electron chi connectivity index (χ1n) is 12.4. The zero-order valence-electron chi connectivity index (χ0n) is 24.3. The van der Waals surface area contributed by atoms with E-state index in [0.29, 0.717) is 21.4 Å². The lowest BCUT2D eigenvalue weighted by atomic mass is 10.0. The number of aryl methyl sites for hydroxylation is 1. The van der Waals surface area contributed by atoms with Crippen molar-refractivity contribution in [2.24, 2.45) is 0 Å². The topological polar surface area (TPSA) is 113 Å². The molecule has 0 unspecified atom stereocenters. The van der Waals surface area contributed by atoms with Gasteiger partial charge in [-0.15, -0.1) is 0 Å². The van der Waals surface area contributed by atoms with Crippen molar-refractivity contribution < 1.29 is 38.1 Å². The number of methoxy groups -OCH3 is 1. The summed E-state index contributed by atoms with van der Waals surface area (Å²) >= 11 is 0. The summed E-state index contributed by atoms with van der Waals surface area (Å²) < 4.78 is 22.8. The third-order valence-corrected chi connectivity index (χ3v) is 5.01. The van der Waals surface area contributed by atoms with Crippen LogP contribution in [0.3, 0.4) is 0 Å². The molecular weight excluding hydrogens is 492 g/mol. The highest BCUT2D eigenvalue weighted by Gasteiger charge is 2.41. The predicted octanol–water partition coefficient (Wildman–Crippen LogP) is 5.99. The van der Waals surface area contributed by atoms with Crippen LogP contribution in [-0.4, -0.2) is 63.7 Å². The minimum absolute atomic E-state index is 0.166. The summed E-state index contributed by atoms with van der Waals surface area (Å²) in [7, 11) is 1.16. The van der Waals surface area contributed by atoms with Gasteiger partial charge < -0.3 is 18.9 Å². The van der Waals surface area contributed by atoms with Crippen LogP contribution in [0.5, 0.6) is 0 Å². The molecule has 1 atom stereocenters. The van der Waals surface area contributed by atoms with Gasteiger partial charge >= 0.3 is 24.2 Å². The lowest BCUT2D eigenvalue weighted by molar-refractivity contribution is -0.146. The van der Waals surface area contributed by atoms with Crippen LogP contribution in [-0.2, 0) is 30.2 Å². The SMILES string of the molecule is COC(=O)[C@H](Cc1cn(C(=O)OC(C)(C)C)c2ccc(C)cc12)N(C(=O)OC(C)(C)C)C(=O)OC(C)(C)C. The average Bonchev–Trinajstić information content (AvgIpc) is 3.06. The van der Waals surface area contributed by atoms with E-state index in [1.807, 2.05) is 19.1 Å². The molecular formula is C28H40N2O8. The minimum Gasteiger partial charge on any atom is -0.467 e. The van der Waals surface area contributed by atoms with Gasteiger partial charge in [0.15, 0.2) is 0 Å². The number of esters is 1. The molecule has 2 amide bonds. The first-order chi connectivity index (χ1) is 17.2. The molecule has 2 rings (SSSR count). The average molecular weight is 533 g/mol. The largest absolute Gasteiger partial charge is 0.467 e. The van der Waals surface area contributed by atoms with Crippen LogP contribution in [0.15, 0.2) is 24.4 Å². The molecule has 0 bridgehead atoms. The number of ether oxygens (including phenoxy) is 4. The normalized spacial score (nSPS) is 13.0. The number of fused-ring (bicyclic) bond motifs is 1. The highest BCUT2D eigenvalue weighted by Crippen LogP contribution is 2.28. The molecule has 38 heavy (non-hydrogen) atoms. The predicted molar refractivity (Wildman–Crippen MR) is 142 cm³/mol. The second kappa shape index (κ2) is 11.0. The summed E-state index contributed by atoms with van der Waals surface area (Å²) in [5.41, 5.74) is -0.681. The van der Waals surface area contributed by atoms with Crippen LogP contribution in [0.1, 0.15) is 73.4 Å². The molecule has 0 radical (unpaired) electrons. The van der Waals surface area contributed by atoms with Gasteiger partial charge in [-0.3, -0.25) is 4.57 Å². The quantitative estimate of drug-likeness (QED) is 0.349. The molecule has 10 nitrogen and oxygen atoms in total. The molecule has 0 aliphatic heterocycles. The van der Waals surface area contributed by atoms with Crippen molar-refractivity contribution in [2.45, 2.75) is 98.5 Å². The number of carbonyl (C=O) groups is 4. The monoisotopic (exact) mass is 532 g/mol. The van der Waals surface area contributed by atoms with Gasteiger partial charge in [0, 0.05) is 18.0 Å². The van der Waals surface area contributed by atoms with E-state index in [9.17, 15) is 19.2 Å². The van der Waals surface area contributed by atoms with Gasteiger partial charge in [0.05, 0.1) is 12.6 Å². The van der Waals surface area contributed by atoms with Gasteiger partial charge in [0.1, 0.15) is 22.8 Å². The summed E-state index contributed by atoms with van der Waals surface area (Å²) in [5.74, 6) is -0.854. The Morgan fingerprint density at radius 1 is 0.842 bits per heavy atom. The van der Waals surface area contributed by atoms with Crippen LogP contribution in [0.25, 0.3) is 10.9 Å². The van der Waals surface area contributed by atoms with Crippen LogP contribution in [0, 0.1) is 6.92 Å². The maximum Gasteiger partial charge on any atom is 0.420 e. The molecule has 0 aliphatic carbocycles. The number of benzene rings is 1. The molecule has 0 aliphatic rings. The first kappa shape index (κ1) is 30.7. The highest BCUT2D eigenvalue weighted by atomic mass is 16.6. The number of carbonyl (C=O) groups excluding carboxylic acids is 4. The molecule has 0 spiro atoms. The van der Waals surface area contributed by atoms with Gasteiger partial charge in [-0.05, 0) is 86.9 Å². The van der Waals surface area contributed by atoms with E-state index < -0.39 is 47.1 Å². The molecule has 0 saturated heterocycles. The zero-order valence-corrected chi connectivity index (χ0v) is 24.3. The van der Waals surface area contributed by atoms with E-state index in [-0.39, 0.29) is 6.42 Å². The molecule has 0 saturated carbocycles. The summed E-state index contributed by atoms with van der Waals surface area (Å²) in [6.07, 6.45) is -1.36. The second-order valence-electron chi connectivity index (χ2n) is 12.1. The van der Waals surface area contributed by atoms with E-state index in [1.54, 1.807) is 68.4 Å². The Kier molecular flexibility index (Phi) is 8.91. The standard InChI is InChI=1S/C28H40N2O8/c1-17-12-13-20-19(14-17)18(16-29(20)23(32)36-26(2,3)4)15-21(22(31)35-11)30(24(33)37-27(5,6)7)25(34)38-28(8,9)10/h12-14,16,21H,15H2,1-11H3/t21-/m0/s1.